The summed E-state index contributed by atoms with van der Waals surface area (Å²) in [4.78, 5) is 33.0. The van der Waals surface area contributed by atoms with Gasteiger partial charge in [-0.05, 0) is 78.1 Å². The van der Waals surface area contributed by atoms with Gasteiger partial charge in [0.05, 0.1) is 11.5 Å². The van der Waals surface area contributed by atoms with Crippen LogP contribution < -0.4 is 0 Å². The molecule has 9 aromatic rings. The van der Waals surface area contributed by atoms with Gasteiger partial charge in [0.1, 0.15) is 0 Å². The fourth-order valence-corrected chi connectivity index (χ4v) is 15.2. The Hall–Kier alpha value is -7.04. The number of hydrogen-bond acceptors (Lipinski definition) is 5. The van der Waals surface area contributed by atoms with Gasteiger partial charge in [-0.2, -0.15) is 0 Å². The number of Topliss-reactive ketones (excluding diaryl/α,β-unsaturated/α-hetero) is 2. The predicted molar refractivity (Wildman–Crippen MR) is 288 cm³/mol. The normalized spacial score (nSPS) is 12.2. The van der Waals surface area contributed by atoms with Crippen LogP contribution in [0.5, 0.6) is 0 Å². The summed E-state index contributed by atoms with van der Waals surface area (Å²) in [6.07, 6.45) is 1.27. The van der Waals surface area contributed by atoms with E-state index < -0.39 is 33.4 Å². The van der Waals surface area contributed by atoms with Crippen molar-refractivity contribution in [3.63, 3.8) is 0 Å². The lowest BCUT2D eigenvalue weighted by atomic mass is 9.67. The molecule has 0 radical (unpaired) electrons. The Kier molecular flexibility index (Phi) is 15.8. The van der Waals surface area contributed by atoms with Crippen LogP contribution in [0.2, 0.25) is 0 Å². The van der Waals surface area contributed by atoms with Crippen LogP contribution in [0.1, 0.15) is 50.2 Å². The molecule has 0 amide bonds. The van der Waals surface area contributed by atoms with Crippen LogP contribution in [-0.4, -0.2) is 37.0 Å². The lowest BCUT2D eigenvalue weighted by Gasteiger charge is -2.45. The highest BCUT2D eigenvalue weighted by Gasteiger charge is 2.46. The van der Waals surface area contributed by atoms with Crippen LogP contribution in [0.15, 0.2) is 293 Å². The molecule has 9 rings (SSSR count). The third-order valence-corrected chi connectivity index (χ3v) is 19.0. The van der Waals surface area contributed by atoms with Gasteiger partial charge < -0.3 is 12.9 Å². The van der Waals surface area contributed by atoms with E-state index in [9.17, 15) is 9.59 Å². The van der Waals surface area contributed by atoms with E-state index in [2.05, 4.69) is 91.0 Å². The molecule has 0 saturated heterocycles. The Morgan fingerprint density at radius 3 is 0.900 bits per heavy atom. The number of ketones is 2. The van der Waals surface area contributed by atoms with E-state index in [1.54, 1.807) is 0 Å². The van der Waals surface area contributed by atoms with Crippen LogP contribution >= 0.6 is 20.6 Å². The third kappa shape index (κ3) is 10.7. The van der Waals surface area contributed by atoms with Gasteiger partial charge in [-0.15, -0.1) is 0 Å². The largest absolute Gasteiger partial charge is 0.661 e. The highest BCUT2D eigenvalue weighted by Crippen LogP contribution is 2.68. The topological polar surface area (TPSA) is 61.8 Å². The Labute approximate surface area is 416 Å². The van der Waals surface area contributed by atoms with Crippen molar-refractivity contribution in [3.05, 3.63) is 301 Å². The quantitative estimate of drug-likeness (QED) is 0.0293. The summed E-state index contributed by atoms with van der Waals surface area (Å²) in [6, 6.07) is 90.7. The first kappa shape index (κ1) is 48.0. The van der Waals surface area contributed by atoms with Gasteiger partial charge in [0.2, 0.25) is 0 Å². The molecule has 0 atom stereocenters. The maximum absolute atomic E-state index is 14.8. The molecule has 8 heteroatoms. The molecule has 0 fully saturated rings. The van der Waals surface area contributed by atoms with Crippen molar-refractivity contribution in [1.82, 2.24) is 0 Å². The number of rotatable bonds is 22. The van der Waals surface area contributed by atoms with Gasteiger partial charge in [0.15, 0.2) is 11.6 Å². The minimum Gasteiger partial charge on any atom is -0.385 e. The van der Waals surface area contributed by atoms with Gasteiger partial charge in [0, 0.05) is 42.7 Å². The molecule has 0 spiro atoms. The van der Waals surface area contributed by atoms with E-state index in [-0.39, 0.29) is 29.7 Å². The monoisotopic (exact) mass is 954 g/mol. The number of hydrogen-bond donors (Lipinski definition) is 0. The van der Waals surface area contributed by atoms with Gasteiger partial charge >= 0.3 is 7.32 Å². The van der Waals surface area contributed by atoms with Crippen LogP contribution in [0, 0.1) is 0 Å². The van der Waals surface area contributed by atoms with Crippen LogP contribution in [-0.2, 0) is 18.3 Å². The van der Waals surface area contributed by atoms with E-state index >= 15 is 0 Å². The van der Waals surface area contributed by atoms with Crippen molar-refractivity contribution in [2.45, 2.75) is 37.8 Å². The van der Waals surface area contributed by atoms with E-state index in [1.165, 1.54) is 16.7 Å². The lowest BCUT2D eigenvalue weighted by Crippen LogP contribution is -2.35. The summed E-state index contributed by atoms with van der Waals surface area (Å²) < 4.78 is 22.6. The van der Waals surface area contributed by atoms with Gasteiger partial charge in [-0.25, -0.2) is 0 Å². The van der Waals surface area contributed by atoms with Crippen LogP contribution in [0.25, 0.3) is 0 Å². The zero-order chi connectivity index (χ0) is 47.9. The van der Waals surface area contributed by atoms with Crippen molar-refractivity contribution in [2.75, 3.05) is 18.1 Å². The van der Waals surface area contributed by atoms with E-state index in [4.69, 9.17) is 12.9 Å². The van der Waals surface area contributed by atoms with Crippen molar-refractivity contribution in [2.24, 2.45) is 0 Å². The molecule has 0 heterocycles. The molecule has 0 aliphatic rings. The molecule has 5 nitrogen and oxygen atoms in total. The lowest BCUT2D eigenvalue weighted by molar-refractivity contribution is 0.101. The molecule has 0 aliphatic carbocycles. The zero-order valence-corrected chi connectivity index (χ0v) is 40.6. The van der Waals surface area contributed by atoms with Crippen molar-refractivity contribution in [3.8, 4) is 0 Å². The molecular formula is C62H55BO5S2. The fourth-order valence-electron chi connectivity index (χ4n) is 9.20. The highest BCUT2D eigenvalue weighted by atomic mass is 32.3. The number of carbonyl (C=O) groups excluding carboxylic acids is 2. The maximum atomic E-state index is 14.8. The Balaban J connectivity index is 1.19. The van der Waals surface area contributed by atoms with Crippen molar-refractivity contribution < 1.29 is 22.4 Å². The summed E-state index contributed by atoms with van der Waals surface area (Å²) in [5.74, 6) is -0.140. The Bertz CT molecular complexity index is 2690. The third-order valence-electron chi connectivity index (χ3n) is 12.6. The fraction of sp³-hybridized carbons (Fsp3) is 0.0968. The van der Waals surface area contributed by atoms with E-state index in [0.717, 1.165) is 19.6 Å². The van der Waals surface area contributed by atoms with Gasteiger partial charge in [0.25, 0.3) is 0 Å². The molecule has 0 aliphatic heterocycles. The minimum absolute atomic E-state index is 0.00927. The van der Waals surface area contributed by atoms with Gasteiger partial charge in [-0.3, -0.25) is 9.59 Å². The summed E-state index contributed by atoms with van der Waals surface area (Å²) in [5, 5.41) is 0. The smallest absolute Gasteiger partial charge is 0.385 e. The first-order valence-electron chi connectivity index (χ1n) is 23.6. The summed E-state index contributed by atoms with van der Waals surface area (Å²) in [5.41, 5.74) is 4.14. The van der Waals surface area contributed by atoms with Crippen LogP contribution in [0.4, 0.5) is 0 Å². The molecule has 9 aromatic carbocycles. The van der Waals surface area contributed by atoms with Crippen molar-refractivity contribution >= 4 is 39.5 Å². The second kappa shape index (κ2) is 23.0. The number of carbonyl (C=O) groups is 2. The average molecular weight is 955 g/mol. The molecule has 0 N–H and O–H groups in total. The first-order valence-corrected chi connectivity index (χ1v) is 27.1. The van der Waals surface area contributed by atoms with E-state index in [0.29, 0.717) is 24.0 Å². The molecule has 0 unspecified atom stereocenters. The average Bonchev–Trinajstić information content (AvgIpc) is 3.44. The van der Waals surface area contributed by atoms with Gasteiger partial charge in [-0.1, -0.05) is 245 Å². The molecule has 0 bridgehead atoms. The zero-order valence-electron chi connectivity index (χ0n) is 39.0. The second-order valence-corrected chi connectivity index (χ2v) is 22.5. The number of benzene rings is 9. The minimum atomic E-state index is -2.78. The van der Waals surface area contributed by atoms with E-state index in [1.807, 2.05) is 182 Å². The summed E-state index contributed by atoms with van der Waals surface area (Å²) in [7, 11) is -6.94. The first-order chi connectivity index (χ1) is 34.5. The summed E-state index contributed by atoms with van der Waals surface area (Å²) >= 11 is 0. The standard InChI is InChI=1S/C62H55BO5S2/c64-60(51-29-10-1-11-30-51)49-69(56-39-20-6-21-40-56,57-41-22-7-23-42-57)67-63(66-48-28-47-62(53-33-14-3-15-34-53,54-35-16-4-17-36-54)55-37-18-5-19-38-55)68-70(58-43-24-8-25-44-58,59-45-26-9-27-46-59)50-61(65)52-31-12-2-13-32-52/h1-27,29-46H,28,47-50H2. The Morgan fingerprint density at radius 2 is 0.614 bits per heavy atom. The second-order valence-electron chi connectivity index (χ2n) is 16.9. The summed E-state index contributed by atoms with van der Waals surface area (Å²) in [6.45, 7) is 0.219. The molecule has 0 saturated carbocycles. The van der Waals surface area contributed by atoms with Crippen LogP contribution in [0.3, 0.4) is 0 Å². The Morgan fingerprint density at radius 1 is 0.357 bits per heavy atom. The highest BCUT2D eigenvalue weighted by molar-refractivity contribution is 8.32. The molecule has 348 valence electrons. The predicted octanol–water partition coefficient (Wildman–Crippen LogP) is 15.3. The molecular weight excluding hydrogens is 900 g/mol. The maximum Gasteiger partial charge on any atom is 0.661 e. The molecule has 70 heavy (non-hydrogen) atoms. The van der Waals surface area contributed by atoms with Crippen molar-refractivity contribution in [1.29, 1.82) is 0 Å². The SMILES string of the molecule is O=C(CS(OB(OCCCC(c1ccccc1)(c1ccccc1)c1ccccc1)OS(CC(=O)c1ccccc1)(c1ccccc1)c1ccccc1)(c1ccccc1)c1ccccc1)c1ccccc1. The molecule has 0 aromatic heterocycles.